The molecule has 0 spiro atoms. The molecule has 0 aromatic heterocycles. The minimum atomic E-state index is 0.121. The Morgan fingerprint density at radius 1 is 1.14 bits per heavy atom. The Hall–Kier alpha value is -0.580. The highest BCUT2D eigenvalue weighted by molar-refractivity contribution is 9.10. The normalized spacial score (nSPS) is 11.7. The number of halogens is 1. The van der Waals surface area contributed by atoms with Crippen LogP contribution in [0.3, 0.4) is 0 Å². The van der Waals surface area contributed by atoms with Gasteiger partial charge in [0.2, 0.25) is 0 Å². The molecule has 0 aliphatic carbocycles. The number of ether oxygens (including phenoxy) is 1. The minimum Gasteiger partial charge on any atom is -0.492 e. The molecule has 0 heterocycles. The molecule has 0 amide bonds. The molecule has 0 saturated heterocycles. The van der Waals surface area contributed by atoms with E-state index in [0.29, 0.717) is 0 Å². The Morgan fingerprint density at radius 2 is 1.86 bits per heavy atom. The highest BCUT2D eigenvalue weighted by atomic mass is 79.9. The molecular formula is C17H28BrNO2. The van der Waals surface area contributed by atoms with Gasteiger partial charge in [0.1, 0.15) is 5.75 Å². The van der Waals surface area contributed by atoms with Crippen molar-refractivity contribution in [3.05, 3.63) is 28.2 Å². The van der Waals surface area contributed by atoms with E-state index < -0.39 is 0 Å². The Morgan fingerprint density at radius 3 is 2.48 bits per heavy atom. The number of nitrogens with one attached hydrogen (secondary N) is 1. The highest BCUT2D eigenvalue weighted by Gasteiger charge is 2.09. The second-order valence-electron chi connectivity index (χ2n) is 6.35. The van der Waals surface area contributed by atoms with E-state index in [-0.39, 0.29) is 12.1 Å². The lowest BCUT2D eigenvalue weighted by Crippen LogP contribution is -2.35. The predicted molar refractivity (Wildman–Crippen MR) is 91.8 cm³/mol. The number of hydrogen-bond donors (Lipinski definition) is 2. The largest absolute Gasteiger partial charge is 0.492 e. The number of hydrogen-bond acceptors (Lipinski definition) is 3. The third kappa shape index (κ3) is 8.44. The average Bonchev–Trinajstić information content (AvgIpc) is 2.41. The molecule has 0 aliphatic rings. The quantitative estimate of drug-likeness (QED) is 0.648. The second-order valence-corrected chi connectivity index (χ2v) is 7.21. The van der Waals surface area contributed by atoms with Crippen LogP contribution in [0.15, 0.2) is 22.7 Å². The zero-order valence-corrected chi connectivity index (χ0v) is 15.0. The molecule has 1 aromatic carbocycles. The van der Waals surface area contributed by atoms with Gasteiger partial charge < -0.3 is 15.2 Å². The third-order valence-electron chi connectivity index (χ3n) is 3.13. The first-order valence-electron chi connectivity index (χ1n) is 7.69. The summed E-state index contributed by atoms with van der Waals surface area (Å²) >= 11 is 3.58. The molecular weight excluding hydrogens is 330 g/mol. The first-order valence-corrected chi connectivity index (χ1v) is 8.49. The van der Waals surface area contributed by atoms with Gasteiger partial charge in [-0.15, -0.1) is 0 Å². The maximum Gasteiger partial charge on any atom is 0.133 e. The molecule has 21 heavy (non-hydrogen) atoms. The minimum absolute atomic E-state index is 0.121. The van der Waals surface area contributed by atoms with Crippen LogP contribution in [0.5, 0.6) is 5.75 Å². The topological polar surface area (TPSA) is 41.5 Å². The standard InChI is InChI=1S/C17H28BrNO2/c1-17(2,3)19-13-14-8-9-16(15(18)12-14)21-11-7-5-4-6-10-20/h8-9,12,19-20H,4-7,10-11,13H2,1-3H3. The molecule has 0 radical (unpaired) electrons. The molecule has 1 aromatic rings. The zero-order valence-electron chi connectivity index (χ0n) is 13.4. The van der Waals surface area contributed by atoms with Crippen LogP contribution in [0, 0.1) is 0 Å². The zero-order chi connectivity index (χ0) is 15.7. The van der Waals surface area contributed by atoms with Gasteiger partial charge >= 0.3 is 0 Å². The lowest BCUT2D eigenvalue weighted by molar-refractivity contribution is 0.273. The Bertz CT molecular complexity index is 416. The maximum absolute atomic E-state index is 8.71. The highest BCUT2D eigenvalue weighted by Crippen LogP contribution is 2.26. The van der Waals surface area contributed by atoms with Crippen molar-refractivity contribution in [3.63, 3.8) is 0 Å². The summed E-state index contributed by atoms with van der Waals surface area (Å²) in [7, 11) is 0. The van der Waals surface area contributed by atoms with Crippen molar-refractivity contribution in [2.75, 3.05) is 13.2 Å². The molecule has 4 heteroatoms. The first kappa shape index (κ1) is 18.5. The van der Waals surface area contributed by atoms with Gasteiger partial charge in [0, 0.05) is 18.7 Å². The number of unbranched alkanes of at least 4 members (excludes halogenated alkanes) is 3. The molecule has 0 fully saturated rings. The third-order valence-corrected chi connectivity index (χ3v) is 3.75. The van der Waals surface area contributed by atoms with Crippen molar-refractivity contribution in [2.24, 2.45) is 0 Å². The van der Waals surface area contributed by atoms with E-state index in [9.17, 15) is 0 Å². The molecule has 3 nitrogen and oxygen atoms in total. The van der Waals surface area contributed by atoms with E-state index in [1.54, 1.807) is 0 Å². The van der Waals surface area contributed by atoms with Crippen LogP contribution < -0.4 is 10.1 Å². The number of rotatable bonds is 9. The summed E-state index contributed by atoms with van der Waals surface area (Å²) in [6.45, 7) is 8.35. The van der Waals surface area contributed by atoms with Crippen molar-refractivity contribution < 1.29 is 9.84 Å². The summed E-state index contributed by atoms with van der Waals surface area (Å²) in [6, 6.07) is 6.24. The molecule has 2 N–H and O–H groups in total. The maximum atomic E-state index is 8.71. The SMILES string of the molecule is CC(C)(C)NCc1ccc(OCCCCCCO)c(Br)c1. The summed E-state index contributed by atoms with van der Waals surface area (Å²) in [5.74, 6) is 0.900. The lowest BCUT2D eigenvalue weighted by Gasteiger charge is -2.20. The fraction of sp³-hybridized carbons (Fsp3) is 0.647. The van der Waals surface area contributed by atoms with Crippen molar-refractivity contribution in [2.45, 2.75) is 58.5 Å². The van der Waals surface area contributed by atoms with Crippen LogP contribution in [0.1, 0.15) is 52.0 Å². The van der Waals surface area contributed by atoms with E-state index in [1.807, 2.05) is 6.07 Å². The van der Waals surface area contributed by atoms with Gasteiger partial charge in [-0.3, -0.25) is 0 Å². The Kier molecular flexibility index (Phi) is 8.30. The summed E-state index contributed by atoms with van der Waals surface area (Å²) < 4.78 is 6.79. The average molecular weight is 358 g/mol. The van der Waals surface area contributed by atoms with Crippen LogP contribution in [0.2, 0.25) is 0 Å². The number of aliphatic hydroxyl groups is 1. The van der Waals surface area contributed by atoms with Gasteiger partial charge in [-0.25, -0.2) is 0 Å². The van der Waals surface area contributed by atoms with Gasteiger partial charge in [-0.2, -0.15) is 0 Å². The van der Waals surface area contributed by atoms with Crippen molar-refractivity contribution in [1.29, 1.82) is 0 Å². The number of aliphatic hydroxyl groups excluding tert-OH is 1. The molecule has 0 bridgehead atoms. The molecule has 0 saturated carbocycles. The van der Waals surface area contributed by atoms with Crippen LogP contribution in [-0.2, 0) is 6.54 Å². The van der Waals surface area contributed by atoms with Gasteiger partial charge in [0.25, 0.3) is 0 Å². The van der Waals surface area contributed by atoms with Crippen LogP contribution in [-0.4, -0.2) is 23.9 Å². The second kappa shape index (κ2) is 9.44. The monoisotopic (exact) mass is 357 g/mol. The Labute approximate surface area is 137 Å². The van der Waals surface area contributed by atoms with E-state index in [1.165, 1.54) is 5.56 Å². The molecule has 0 unspecified atom stereocenters. The fourth-order valence-corrected chi connectivity index (χ4v) is 2.43. The van der Waals surface area contributed by atoms with Gasteiger partial charge in [-0.05, 0) is 73.7 Å². The number of benzene rings is 1. The first-order chi connectivity index (χ1) is 9.92. The van der Waals surface area contributed by atoms with Gasteiger partial charge in [0.15, 0.2) is 0 Å². The van der Waals surface area contributed by atoms with Crippen LogP contribution in [0.25, 0.3) is 0 Å². The molecule has 120 valence electrons. The van der Waals surface area contributed by atoms with E-state index >= 15 is 0 Å². The smallest absolute Gasteiger partial charge is 0.133 e. The van der Waals surface area contributed by atoms with Crippen molar-refractivity contribution in [1.82, 2.24) is 5.32 Å². The summed E-state index contributed by atoms with van der Waals surface area (Å²) in [5.41, 5.74) is 1.36. The molecule has 0 atom stereocenters. The van der Waals surface area contributed by atoms with E-state index in [4.69, 9.17) is 9.84 Å². The van der Waals surface area contributed by atoms with Gasteiger partial charge in [0.05, 0.1) is 11.1 Å². The molecule has 0 aliphatic heterocycles. The van der Waals surface area contributed by atoms with Crippen LogP contribution in [0.4, 0.5) is 0 Å². The van der Waals surface area contributed by atoms with Crippen molar-refractivity contribution >= 4 is 15.9 Å². The molecule has 1 rings (SSSR count). The lowest BCUT2D eigenvalue weighted by atomic mass is 10.1. The Balaban J connectivity index is 2.36. The predicted octanol–water partition coefficient (Wildman–Crippen LogP) is 4.27. The van der Waals surface area contributed by atoms with E-state index in [0.717, 1.165) is 49.1 Å². The van der Waals surface area contributed by atoms with E-state index in [2.05, 4.69) is 54.2 Å². The van der Waals surface area contributed by atoms with Crippen molar-refractivity contribution in [3.8, 4) is 5.75 Å². The summed E-state index contributed by atoms with van der Waals surface area (Å²) in [6.07, 6.45) is 4.09. The fourth-order valence-electron chi connectivity index (χ4n) is 1.89. The summed E-state index contributed by atoms with van der Waals surface area (Å²) in [4.78, 5) is 0. The summed E-state index contributed by atoms with van der Waals surface area (Å²) in [5, 5.41) is 12.2. The van der Waals surface area contributed by atoms with Gasteiger partial charge in [-0.1, -0.05) is 12.5 Å². The van der Waals surface area contributed by atoms with Crippen LogP contribution >= 0.6 is 15.9 Å².